The molecule has 5 nitrogen and oxygen atoms in total. The summed E-state index contributed by atoms with van der Waals surface area (Å²) in [5.74, 6) is 2.36. The van der Waals surface area contributed by atoms with Gasteiger partial charge in [-0.15, -0.1) is 0 Å². The van der Waals surface area contributed by atoms with Crippen LogP contribution in [0.4, 0.5) is 0 Å². The van der Waals surface area contributed by atoms with Crippen molar-refractivity contribution in [1.82, 2.24) is 20.3 Å². The third-order valence-electron chi connectivity index (χ3n) is 3.62. The van der Waals surface area contributed by atoms with E-state index in [9.17, 15) is 0 Å². The van der Waals surface area contributed by atoms with Gasteiger partial charge in [0.25, 0.3) is 0 Å². The van der Waals surface area contributed by atoms with Crippen molar-refractivity contribution in [2.75, 3.05) is 24.7 Å². The maximum Gasteiger partial charge on any atom is 0.103 e. The summed E-state index contributed by atoms with van der Waals surface area (Å²) in [6, 6.07) is 0.200. The second kappa shape index (κ2) is 4.59. The SMILES string of the molecule is Cn1ncc(C2NCCOC23CCSCC3)n1. The fourth-order valence-electron chi connectivity index (χ4n) is 2.74. The third-order valence-corrected chi connectivity index (χ3v) is 4.60. The van der Waals surface area contributed by atoms with Crippen molar-refractivity contribution in [2.24, 2.45) is 7.05 Å². The Labute approximate surface area is 105 Å². The van der Waals surface area contributed by atoms with Crippen LogP contribution in [0.5, 0.6) is 0 Å². The first-order valence-electron chi connectivity index (χ1n) is 6.11. The van der Waals surface area contributed by atoms with E-state index >= 15 is 0 Å². The van der Waals surface area contributed by atoms with Gasteiger partial charge in [-0.2, -0.15) is 26.8 Å². The molecule has 2 aliphatic rings. The van der Waals surface area contributed by atoms with Gasteiger partial charge < -0.3 is 10.1 Å². The number of hydrogen-bond donors (Lipinski definition) is 1. The quantitative estimate of drug-likeness (QED) is 0.801. The Morgan fingerprint density at radius 1 is 1.53 bits per heavy atom. The summed E-state index contributed by atoms with van der Waals surface area (Å²) in [5.41, 5.74) is 0.957. The van der Waals surface area contributed by atoms with Gasteiger partial charge in [0.05, 0.1) is 24.4 Å². The molecule has 0 aliphatic carbocycles. The van der Waals surface area contributed by atoms with Crippen LogP contribution in [0.1, 0.15) is 24.6 Å². The molecule has 1 unspecified atom stereocenters. The van der Waals surface area contributed by atoms with E-state index in [4.69, 9.17) is 4.74 Å². The summed E-state index contributed by atoms with van der Waals surface area (Å²) in [7, 11) is 1.86. The normalized spacial score (nSPS) is 28.4. The van der Waals surface area contributed by atoms with Gasteiger partial charge in [0, 0.05) is 13.6 Å². The van der Waals surface area contributed by atoms with Gasteiger partial charge in [-0.05, 0) is 24.3 Å². The van der Waals surface area contributed by atoms with Crippen molar-refractivity contribution in [3.8, 4) is 0 Å². The molecule has 94 valence electrons. The van der Waals surface area contributed by atoms with Crippen molar-refractivity contribution in [1.29, 1.82) is 0 Å². The highest BCUT2D eigenvalue weighted by Crippen LogP contribution is 2.41. The minimum absolute atomic E-state index is 0.0560. The molecule has 2 saturated heterocycles. The van der Waals surface area contributed by atoms with E-state index in [1.807, 2.05) is 25.0 Å². The Morgan fingerprint density at radius 2 is 2.35 bits per heavy atom. The Morgan fingerprint density at radius 3 is 3.06 bits per heavy atom. The minimum atomic E-state index is -0.0560. The highest BCUT2D eigenvalue weighted by atomic mass is 32.2. The number of morpholine rings is 1. The summed E-state index contributed by atoms with van der Waals surface area (Å²) in [4.78, 5) is 1.62. The summed E-state index contributed by atoms with van der Waals surface area (Å²) in [6.07, 6.45) is 4.06. The molecule has 1 aromatic rings. The number of ether oxygens (including phenoxy) is 1. The van der Waals surface area contributed by atoms with Crippen molar-refractivity contribution < 1.29 is 4.74 Å². The van der Waals surface area contributed by atoms with Gasteiger partial charge in [-0.3, -0.25) is 0 Å². The van der Waals surface area contributed by atoms with Crippen LogP contribution in [-0.4, -0.2) is 45.3 Å². The molecular formula is C11H18N4OS. The maximum atomic E-state index is 6.13. The van der Waals surface area contributed by atoms with Crippen LogP contribution in [0.3, 0.4) is 0 Å². The number of aryl methyl sites for hydroxylation is 1. The first-order chi connectivity index (χ1) is 8.30. The van der Waals surface area contributed by atoms with Gasteiger partial charge in [0.2, 0.25) is 0 Å². The number of aromatic nitrogens is 3. The molecule has 0 aromatic carbocycles. The number of nitrogens with one attached hydrogen (secondary N) is 1. The lowest BCUT2D eigenvalue weighted by Crippen LogP contribution is -2.54. The lowest BCUT2D eigenvalue weighted by molar-refractivity contribution is -0.104. The van der Waals surface area contributed by atoms with Crippen LogP contribution in [0.25, 0.3) is 0 Å². The molecule has 1 aromatic heterocycles. The van der Waals surface area contributed by atoms with Gasteiger partial charge in [0.15, 0.2) is 0 Å². The molecule has 1 atom stereocenters. The molecule has 2 fully saturated rings. The van der Waals surface area contributed by atoms with Crippen molar-refractivity contribution in [3.63, 3.8) is 0 Å². The van der Waals surface area contributed by atoms with E-state index in [2.05, 4.69) is 15.5 Å². The second-order valence-electron chi connectivity index (χ2n) is 4.67. The zero-order valence-electron chi connectivity index (χ0n) is 10.1. The monoisotopic (exact) mass is 254 g/mol. The van der Waals surface area contributed by atoms with Gasteiger partial charge >= 0.3 is 0 Å². The average molecular weight is 254 g/mol. The third kappa shape index (κ3) is 2.09. The van der Waals surface area contributed by atoms with Crippen LogP contribution < -0.4 is 5.32 Å². The predicted octanol–water partition coefficient (Wildman–Crippen LogP) is 0.742. The molecule has 17 heavy (non-hydrogen) atoms. The molecule has 3 rings (SSSR count). The summed E-state index contributed by atoms with van der Waals surface area (Å²) in [6.45, 7) is 1.71. The average Bonchev–Trinajstić information content (AvgIpc) is 2.77. The van der Waals surface area contributed by atoms with Crippen LogP contribution >= 0.6 is 11.8 Å². The fourth-order valence-corrected chi connectivity index (χ4v) is 3.93. The topological polar surface area (TPSA) is 52.0 Å². The standard InChI is InChI=1S/C11H18N4OS/c1-15-13-8-9(14-15)10-11(16-5-4-12-10)2-6-17-7-3-11/h8,10,12H,2-7H2,1H3. The van der Waals surface area contributed by atoms with Crippen LogP contribution in [0.15, 0.2) is 6.20 Å². The molecule has 0 radical (unpaired) electrons. The van der Waals surface area contributed by atoms with E-state index in [1.54, 1.807) is 4.80 Å². The van der Waals surface area contributed by atoms with E-state index in [1.165, 1.54) is 11.5 Å². The zero-order chi connectivity index (χ0) is 11.7. The highest BCUT2D eigenvalue weighted by Gasteiger charge is 2.45. The molecule has 3 heterocycles. The highest BCUT2D eigenvalue weighted by molar-refractivity contribution is 7.99. The predicted molar refractivity (Wildman–Crippen MR) is 67.0 cm³/mol. The van der Waals surface area contributed by atoms with E-state index in [0.717, 1.165) is 31.7 Å². The Balaban J connectivity index is 1.89. The van der Waals surface area contributed by atoms with Crippen LogP contribution in [-0.2, 0) is 11.8 Å². The fraction of sp³-hybridized carbons (Fsp3) is 0.818. The maximum absolute atomic E-state index is 6.13. The Bertz CT molecular complexity index is 380. The summed E-state index contributed by atoms with van der Waals surface area (Å²) >= 11 is 2.02. The summed E-state index contributed by atoms with van der Waals surface area (Å²) in [5, 5.41) is 12.2. The molecule has 0 amide bonds. The smallest absolute Gasteiger partial charge is 0.103 e. The van der Waals surface area contributed by atoms with E-state index < -0.39 is 0 Å². The van der Waals surface area contributed by atoms with E-state index in [-0.39, 0.29) is 11.6 Å². The lowest BCUT2D eigenvalue weighted by Gasteiger charge is -2.45. The number of hydrogen-bond acceptors (Lipinski definition) is 5. The summed E-state index contributed by atoms with van der Waals surface area (Å²) < 4.78 is 6.13. The molecular weight excluding hydrogens is 236 g/mol. The molecule has 0 saturated carbocycles. The van der Waals surface area contributed by atoms with Crippen molar-refractivity contribution >= 4 is 11.8 Å². The first kappa shape index (κ1) is 11.5. The first-order valence-corrected chi connectivity index (χ1v) is 7.27. The largest absolute Gasteiger partial charge is 0.372 e. The zero-order valence-corrected chi connectivity index (χ0v) is 10.9. The molecule has 6 heteroatoms. The number of nitrogens with zero attached hydrogens (tertiary/aromatic N) is 3. The van der Waals surface area contributed by atoms with Gasteiger partial charge in [-0.1, -0.05) is 0 Å². The Hall–Kier alpha value is -0.590. The molecule has 2 aliphatic heterocycles. The van der Waals surface area contributed by atoms with Crippen LogP contribution in [0, 0.1) is 0 Å². The molecule has 1 N–H and O–H groups in total. The number of rotatable bonds is 1. The van der Waals surface area contributed by atoms with Gasteiger partial charge in [0.1, 0.15) is 5.69 Å². The van der Waals surface area contributed by atoms with Gasteiger partial charge in [-0.25, -0.2) is 0 Å². The molecule has 1 spiro atoms. The van der Waals surface area contributed by atoms with Crippen LogP contribution in [0.2, 0.25) is 0 Å². The number of thioether (sulfide) groups is 1. The van der Waals surface area contributed by atoms with E-state index in [0.29, 0.717) is 0 Å². The Kier molecular flexibility index (Phi) is 3.10. The molecule has 0 bridgehead atoms. The lowest BCUT2D eigenvalue weighted by atomic mass is 9.85. The van der Waals surface area contributed by atoms with Crippen molar-refractivity contribution in [3.05, 3.63) is 11.9 Å². The minimum Gasteiger partial charge on any atom is -0.372 e. The van der Waals surface area contributed by atoms with Crippen molar-refractivity contribution in [2.45, 2.75) is 24.5 Å². The second-order valence-corrected chi connectivity index (χ2v) is 5.90.